The summed E-state index contributed by atoms with van der Waals surface area (Å²) >= 11 is 0. The van der Waals surface area contributed by atoms with Crippen LogP contribution in [0.1, 0.15) is 39.0 Å². The van der Waals surface area contributed by atoms with E-state index in [1.165, 1.54) is 6.92 Å². The van der Waals surface area contributed by atoms with Gasteiger partial charge in [0.05, 0.1) is 0 Å². The summed E-state index contributed by atoms with van der Waals surface area (Å²) in [5.74, 6) is -4.03. The van der Waals surface area contributed by atoms with Gasteiger partial charge >= 0.3 is 17.9 Å². The third-order valence-corrected chi connectivity index (χ3v) is 2.89. The molecule has 0 aromatic rings. The molecule has 1 N–H and O–H groups in total. The number of carboxylic acid groups (broad SMARTS) is 1. The molecular weight excluding hydrogens is 264 g/mol. The predicted molar refractivity (Wildman–Crippen MR) is 69.6 cm³/mol. The molecule has 1 aliphatic carbocycles. The zero-order valence-corrected chi connectivity index (χ0v) is 11.4. The summed E-state index contributed by atoms with van der Waals surface area (Å²) in [4.78, 5) is 33.6. The average Bonchev–Trinajstić information content (AvgIpc) is 2.37. The number of carboxylic acids is 1. The minimum Gasteiger partial charge on any atom is -0.478 e. The Hall–Kier alpha value is -2.11. The molecule has 6 nitrogen and oxygen atoms in total. The lowest BCUT2D eigenvalue weighted by Crippen LogP contribution is -2.41. The lowest BCUT2D eigenvalue weighted by Gasteiger charge is -2.35. The van der Waals surface area contributed by atoms with E-state index >= 15 is 0 Å². The van der Waals surface area contributed by atoms with E-state index in [0.29, 0.717) is 18.9 Å². The molecule has 0 aromatic heterocycles. The van der Waals surface area contributed by atoms with E-state index in [2.05, 4.69) is 6.58 Å². The molecule has 0 heterocycles. The van der Waals surface area contributed by atoms with Crippen LogP contribution in [0.15, 0.2) is 24.3 Å². The van der Waals surface area contributed by atoms with Gasteiger partial charge in [-0.25, -0.2) is 14.4 Å². The number of ether oxygens (including phenoxy) is 2. The molecular formula is C14H18O6. The molecule has 6 heteroatoms. The third-order valence-electron chi connectivity index (χ3n) is 2.89. The Morgan fingerprint density at radius 3 is 2.20 bits per heavy atom. The molecule has 1 fully saturated rings. The smallest absolute Gasteiger partial charge is 0.336 e. The molecule has 0 bridgehead atoms. The standard InChI is InChI=1S/C14H18O6/c1-10(2)13(18)20-14(8-4-3-5-9-14)19-12(17)7-6-11(15)16/h6-7H,1,3-5,8-9H2,2H3,(H,15,16)/b7-6-. The van der Waals surface area contributed by atoms with Gasteiger partial charge < -0.3 is 14.6 Å². The normalized spacial score (nSPS) is 17.4. The summed E-state index contributed by atoms with van der Waals surface area (Å²) in [5, 5.41) is 8.46. The van der Waals surface area contributed by atoms with E-state index < -0.39 is 23.7 Å². The van der Waals surface area contributed by atoms with Crippen molar-refractivity contribution in [2.45, 2.75) is 44.8 Å². The Bertz CT molecular complexity index is 443. The molecule has 1 aliphatic rings. The Kier molecular flexibility index (Phi) is 5.49. The fraction of sp³-hybridized carbons (Fsp3) is 0.500. The second kappa shape index (κ2) is 6.88. The summed E-state index contributed by atoms with van der Waals surface area (Å²) < 4.78 is 10.4. The van der Waals surface area contributed by atoms with Crippen LogP contribution in [0.3, 0.4) is 0 Å². The summed E-state index contributed by atoms with van der Waals surface area (Å²) in [7, 11) is 0. The fourth-order valence-electron chi connectivity index (χ4n) is 1.93. The van der Waals surface area contributed by atoms with E-state index in [9.17, 15) is 14.4 Å². The molecule has 1 saturated carbocycles. The molecule has 0 unspecified atom stereocenters. The summed E-state index contributed by atoms with van der Waals surface area (Å²) in [5.41, 5.74) is 0.215. The van der Waals surface area contributed by atoms with Crippen LogP contribution in [0.25, 0.3) is 0 Å². The van der Waals surface area contributed by atoms with Crippen molar-refractivity contribution in [3.05, 3.63) is 24.3 Å². The van der Waals surface area contributed by atoms with Gasteiger partial charge in [-0.3, -0.25) is 0 Å². The van der Waals surface area contributed by atoms with Crippen LogP contribution in [-0.4, -0.2) is 28.8 Å². The quantitative estimate of drug-likeness (QED) is 0.471. The maximum absolute atomic E-state index is 11.6. The minimum atomic E-state index is -1.31. The first kappa shape index (κ1) is 15.9. The molecule has 110 valence electrons. The van der Waals surface area contributed by atoms with Gasteiger partial charge in [0, 0.05) is 30.6 Å². The van der Waals surface area contributed by atoms with Crippen molar-refractivity contribution in [2.24, 2.45) is 0 Å². The van der Waals surface area contributed by atoms with E-state index in [0.717, 1.165) is 25.3 Å². The van der Waals surface area contributed by atoms with Crippen LogP contribution in [0.4, 0.5) is 0 Å². The number of hydrogen-bond donors (Lipinski definition) is 1. The summed E-state index contributed by atoms with van der Waals surface area (Å²) in [6, 6.07) is 0. The van der Waals surface area contributed by atoms with Crippen LogP contribution in [0, 0.1) is 0 Å². The lowest BCUT2D eigenvalue weighted by atomic mass is 9.94. The first-order valence-electron chi connectivity index (χ1n) is 6.37. The second-order valence-electron chi connectivity index (χ2n) is 4.73. The maximum atomic E-state index is 11.6. The molecule has 0 spiro atoms. The van der Waals surface area contributed by atoms with Crippen LogP contribution in [0.2, 0.25) is 0 Å². The monoisotopic (exact) mass is 282 g/mol. The highest BCUT2D eigenvalue weighted by Crippen LogP contribution is 2.33. The zero-order chi connectivity index (χ0) is 15.2. The minimum absolute atomic E-state index is 0.215. The Morgan fingerprint density at radius 2 is 1.70 bits per heavy atom. The highest BCUT2D eigenvalue weighted by Gasteiger charge is 2.39. The van der Waals surface area contributed by atoms with Gasteiger partial charge in [0.15, 0.2) is 0 Å². The van der Waals surface area contributed by atoms with Crippen molar-refractivity contribution >= 4 is 17.9 Å². The van der Waals surface area contributed by atoms with Crippen LogP contribution >= 0.6 is 0 Å². The predicted octanol–water partition coefficient (Wildman–Crippen LogP) is 1.95. The highest BCUT2D eigenvalue weighted by atomic mass is 16.7. The van der Waals surface area contributed by atoms with Crippen molar-refractivity contribution in [3.8, 4) is 0 Å². The van der Waals surface area contributed by atoms with Gasteiger partial charge in [-0.15, -0.1) is 0 Å². The van der Waals surface area contributed by atoms with Crippen molar-refractivity contribution in [3.63, 3.8) is 0 Å². The van der Waals surface area contributed by atoms with Gasteiger partial charge in [-0.05, 0) is 19.8 Å². The number of rotatable bonds is 5. The number of esters is 2. The molecule has 0 atom stereocenters. The summed E-state index contributed by atoms with van der Waals surface area (Å²) in [6.07, 6.45) is 4.78. The molecule has 20 heavy (non-hydrogen) atoms. The topological polar surface area (TPSA) is 89.9 Å². The van der Waals surface area contributed by atoms with E-state index in [-0.39, 0.29) is 5.57 Å². The largest absolute Gasteiger partial charge is 0.478 e. The van der Waals surface area contributed by atoms with Crippen molar-refractivity contribution in [1.82, 2.24) is 0 Å². The van der Waals surface area contributed by atoms with Crippen LogP contribution < -0.4 is 0 Å². The second-order valence-corrected chi connectivity index (χ2v) is 4.73. The Balaban J connectivity index is 2.78. The highest BCUT2D eigenvalue weighted by molar-refractivity contribution is 5.91. The SMILES string of the molecule is C=C(C)C(=O)OC1(OC(=O)/C=C\C(=O)O)CCCCC1. The number of carbonyl (C=O) groups excluding carboxylic acids is 2. The number of carbonyl (C=O) groups is 3. The molecule has 0 amide bonds. The first-order chi connectivity index (χ1) is 9.34. The van der Waals surface area contributed by atoms with Crippen LogP contribution in [-0.2, 0) is 23.9 Å². The lowest BCUT2D eigenvalue weighted by molar-refractivity contribution is -0.233. The van der Waals surface area contributed by atoms with Gasteiger partial charge in [0.25, 0.3) is 5.79 Å². The number of aliphatic carboxylic acids is 1. The zero-order valence-electron chi connectivity index (χ0n) is 11.4. The van der Waals surface area contributed by atoms with Gasteiger partial charge in [0.2, 0.25) is 0 Å². The van der Waals surface area contributed by atoms with Crippen molar-refractivity contribution in [2.75, 3.05) is 0 Å². The van der Waals surface area contributed by atoms with Gasteiger partial charge in [-0.1, -0.05) is 13.0 Å². The molecule has 0 radical (unpaired) electrons. The van der Waals surface area contributed by atoms with Gasteiger partial charge in [0.1, 0.15) is 0 Å². The van der Waals surface area contributed by atoms with E-state index in [1.807, 2.05) is 0 Å². The fourth-order valence-corrected chi connectivity index (χ4v) is 1.93. The van der Waals surface area contributed by atoms with Crippen LogP contribution in [0.5, 0.6) is 0 Å². The first-order valence-corrected chi connectivity index (χ1v) is 6.37. The van der Waals surface area contributed by atoms with E-state index in [1.54, 1.807) is 0 Å². The molecule has 0 saturated heterocycles. The summed E-state index contributed by atoms with van der Waals surface area (Å²) in [6.45, 7) is 4.99. The number of hydrogen-bond acceptors (Lipinski definition) is 5. The van der Waals surface area contributed by atoms with Crippen molar-refractivity contribution in [1.29, 1.82) is 0 Å². The average molecular weight is 282 g/mol. The van der Waals surface area contributed by atoms with E-state index in [4.69, 9.17) is 14.6 Å². The molecule has 0 aromatic carbocycles. The Morgan fingerprint density at radius 1 is 1.10 bits per heavy atom. The van der Waals surface area contributed by atoms with Gasteiger partial charge in [-0.2, -0.15) is 0 Å². The molecule has 0 aliphatic heterocycles. The Labute approximate surface area is 117 Å². The van der Waals surface area contributed by atoms with Crippen molar-refractivity contribution < 1.29 is 29.0 Å². The maximum Gasteiger partial charge on any atom is 0.336 e. The molecule has 1 rings (SSSR count). The third kappa shape index (κ3) is 4.87.